The third-order valence-electron chi connectivity index (χ3n) is 3.73. The fourth-order valence-corrected chi connectivity index (χ4v) is 2.66. The number of carbonyl (C=O) groups is 1. The SMILES string of the molecule is O=C(Nc1ccc2c(c1)OCO2)C1Cc2ccccc2N1. The Labute approximate surface area is 121 Å². The lowest BCUT2D eigenvalue weighted by atomic mass is 10.1. The number of para-hydroxylation sites is 1. The van der Waals surface area contributed by atoms with Crippen molar-refractivity contribution in [3.05, 3.63) is 48.0 Å². The molecule has 2 aromatic carbocycles. The molecule has 2 aromatic rings. The van der Waals surface area contributed by atoms with E-state index in [1.807, 2.05) is 30.3 Å². The molecule has 2 N–H and O–H groups in total. The molecule has 21 heavy (non-hydrogen) atoms. The van der Waals surface area contributed by atoms with Crippen LogP contribution in [0, 0.1) is 0 Å². The molecule has 0 bridgehead atoms. The Morgan fingerprint density at radius 1 is 1.14 bits per heavy atom. The van der Waals surface area contributed by atoms with E-state index in [2.05, 4.69) is 10.6 Å². The lowest BCUT2D eigenvalue weighted by Crippen LogP contribution is -2.32. The summed E-state index contributed by atoms with van der Waals surface area (Å²) in [7, 11) is 0. The second kappa shape index (κ2) is 4.70. The predicted octanol–water partition coefficient (Wildman–Crippen LogP) is 2.39. The third-order valence-corrected chi connectivity index (χ3v) is 3.73. The van der Waals surface area contributed by atoms with Crippen LogP contribution in [0.15, 0.2) is 42.5 Å². The number of hydrogen-bond acceptors (Lipinski definition) is 4. The van der Waals surface area contributed by atoms with Crippen molar-refractivity contribution in [2.45, 2.75) is 12.5 Å². The maximum atomic E-state index is 12.3. The van der Waals surface area contributed by atoms with Crippen LogP contribution in [0.3, 0.4) is 0 Å². The van der Waals surface area contributed by atoms with Gasteiger partial charge in [-0.05, 0) is 23.8 Å². The van der Waals surface area contributed by atoms with Gasteiger partial charge in [0.15, 0.2) is 11.5 Å². The minimum Gasteiger partial charge on any atom is -0.454 e. The summed E-state index contributed by atoms with van der Waals surface area (Å²) in [6.45, 7) is 0.228. The van der Waals surface area contributed by atoms with Crippen LogP contribution in [0.1, 0.15) is 5.56 Å². The van der Waals surface area contributed by atoms with E-state index in [0.717, 1.165) is 5.69 Å². The first-order valence-electron chi connectivity index (χ1n) is 6.84. The van der Waals surface area contributed by atoms with Gasteiger partial charge in [0.05, 0.1) is 0 Å². The van der Waals surface area contributed by atoms with E-state index in [1.54, 1.807) is 12.1 Å². The number of carbonyl (C=O) groups excluding carboxylic acids is 1. The van der Waals surface area contributed by atoms with Gasteiger partial charge in [0.1, 0.15) is 6.04 Å². The van der Waals surface area contributed by atoms with Crippen LogP contribution in [0.5, 0.6) is 11.5 Å². The van der Waals surface area contributed by atoms with Crippen LogP contribution >= 0.6 is 0 Å². The van der Waals surface area contributed by atoms with Crippen molar-refractivity contribution in [1.82, 2.24) is 0 Å². The Balaban J connectivity index is 1.47. The molecule has 0 aliphatic carbocycles. The summed E-state index contributed by atoms with van der Waals surface area (Å²) in [4.78, 5) is 12.3. The maximum Gasteiger partial charge on any atom is 0.247 e. The smallest absolute Gasteiger partial charge is 0.247 e. The zero-order chi connectivity index (χ0) is 14.2. The van der Waals surface area contributed by atoms with Gasteiger partial charge < -0.3 is 20.1 Å². The lowest BCUT2D eigenvalue weighted by molar-refractivity contribution is -0.116. The van der Waals surface area contributed by atoms with Gasteiger partial charge >= 0.3 is 0 Å². The number of anilines is 2. The molecule has 5 nitrogen and oxygen atoms in total. The predicted molar refractivity (Wildman–Crippen MR) is 78.8 cm³/mol. The number of hydrogen-bond donors (Lipinski definition) is 2. The quantitative estimate of drug-likeness (QED) is 0.888. The van der Waals surface area contributed by atoms with Crippen LogP contribution in [0.2, 0.25) is 0 Å². The largest absolute Gasteiger partial charge is 0.454 e. The highest BCUT2D eigenvalue weighted by atomic mass is 16.7. The zero-order valence-electron chi connectivity index (χ0n) is 11.3. The van der Waals surface area contributed by atoms with E-state index in [9.17, 15) is 4.79 Å². The van der Waals surface area contributed by atoms with Gasteiger partial charge in [-0.1, -0.05) is 18.2 Å². The van der Waals surface area contributed by atoms with Crippen molar-refractivity contribution in [2.75, 3.05) is 17.4 Å². The van der Waals surface area contributed by atoms with Gasteiger partial charge in [-0.25, -0.2) is 0 Å². The molecule has 0 fully saturated rings. The summed E-state index contributed by atoms with van der Waals surface area (Å²) in [6.07, 6.45) is 0.701. The Morgan fingerprint density at radius 3 is 2.90 bits per heavy atom. The van der Waals surface area contributed by atoms with Gasteiger partial charge in [0, 0.05) is 23.9 Å². The molecule has 106 valence electrons. The normalized spacial score (nSPS) is 18.0. The van der Waals surface area contributed by atoms with Crippen molar-refractivity contribution in [3.8, 4) is 11.5 Å². The first kappa shape index (κ1) is 12.1. The molecule has 1 unspecified atom stereocenters. The van der Waals surface area contributed by atoms with Gasteiger partial charge in [0.2, 0.25) is 12.7 Å². The van der Waals surface area contributed by atoms with Crippen LogP contribution in [0.4, 0.5) is 11.4 Å². The molecule has 0 saturated carbocycles. The van der Waals surface area contributed by atoms with Crippen molar-refractivity contribution >= 4 is 17.3 Å². The number of benzene rings is 2. The molecule has 0 radical (unpaired) electrons. The molecule has 4 rings (SSSR count). The second-order valence-electron chi connectivity index (χ2n) is 5.12. The van der Waals surface area contributed by atoms with Crippen LogP contribution in [-0.4, -0.2) is 18.7 Å². The number of nitrogens with one attached hydrogen (secondary N) is 2. The van der Waals surface area contributed by atoms with Gasteiger partial charge in [-0.2, -0.15) is 0 Å². The molecule has 0 spiro atoms. The summed E-state index contributed by atoms with van der Waals surface area (Å²) in [6, 6.07) is 13.1. The monoisotopic (exact) mass is 282 g/mol. The second-order valence-corrected chi connectivity index (χ2v) is 5.12. The summed E-state index contributed by atoms with van der Waals surface area (Å²) in [5, 5.41) is 6.15. The molecule has 1 amide bonds. The number of amides is 1. The Morgan fingerprint density at radius 2 is 2.00 bits per heavy atom. The van der Waals surface area contributed by atoms with E-state index in [-0.39, 0.29) is 18.7 Å². The van der Waals surface area contributed by atoms with E-state index < -0.39 is 0 Å². The standard InChI is InChI=1S/C16H14N2O3/c19-16(13-7-10-3-1-2-4-12(10)18-13)17-11-5-6-14-15(8-11)21-9-20-14/h1-6,8,13,18H,7,9H2,(H,17,19). The highest BCUT2D eigenvalue weighted by Gasteiger charge is 2.26. The van der Waals surface area contributed by atoms with Gasteiger partial charge in [-0.3, -0.25) is 4.79 Å². The fraction of sp³-hybridized carbons (Fsp3) is 0.188. The maximum absolute atomic E-state index is 12.3. The number of fused-ring (bicyclic) bond motifs is 2. The first-order valence-corrected chi connectivity index (χ1v) is 6.84. The van der Waals surface area contributed by atoms with Gasteiger partial charge in [0.25, 0.3) is 0 Å². The van der Waals surface area contributed by atoms with Crippen molar-refractivity contribution in [2.24, 2.45) is 0 Å². The van der Waals surface area contributed by atoms with Crippen LogP contribution < -0.4 is 20.1 Å². The molecule has 0 saturated heterocycles. The summed E-state index contributed by atoms with van der Waals surface area (Å²) in [5.41, 5.74) is 2.91. The molecule has 0 aromatic heterocycles. The van der Waals surface area contributed by atoms with Crippen molar-refractivity contribution in [1.29, 1.82) is 0 Å². The summed E-state index contributed by atoms with van der Waals surface area (Å²) >= 11 is 0. The van der Waals surface area contributed by atoms with E-state index in [0.29, 0.717) is 23.6 Å². The van der Waals surface area contributed by atoms with Crippen molar-refractivity contribution in [3.63, 3.8) is 0 Å². The molecular weight excluding hydrogens is 268 g/mol. The van der Waals surface area contributed by atoms with Crippen molar-refractivity contribution < 1.29 is 14.3 Å². The van der Waals surface area contributed by atoms with Gasteiger partial charge in [-0.15, -0.1) is 0 Å². The Kier molecular flexibility index (Phi) is 2.70. The highest BCUT2D eigenvalue weighted by Crippen LogP contribution is 2.34. The van der Waals surface area contributed by atoms with Crippen LogP contribution in [-0.2, 0) is 11.2 Å². The third kappa shape index (κ3) is 2.16. The first-order chi connectivity index (χ1) is 10.3. The number of rotatable bonds is 2. The highest BCUT2D eigenvalue weighted by molar-refractivity contribution is 5.98. The molecule has 2 heterocycles. The van der Waals surface area contributed by atoms with E-state index in [4.69, 9.17) is 9.47 Å². The average molecular weight is 282 g/mol. The topological polar surface area (TPSA) is 59.6 Å². The zero-order valence-corrected chi connectivity index (χ0v) is 11.3. The summed E-state index contributed by atoms with van der Waals surface area (Å²) in [5.74, 6) is 1.32. The molecule has 1 atom stereocenters. The number of ether oxygens (including phenoxy) is 2. The molecular formula is C16H14N2O3. The van der Waals surface area contributed by atoms with E-state index >= 15 is 0 Å². The Hall–Kier alpha value is -2.69. The van der Waals surface area contributed by atoms with Crippen LogP contribution in [0.25, 0.3) is 0 Å². The summed E-state index contributed by atoms with van der Waals surface area (Å²) < 4.78 is 10.6. The van der Waals surface area contributed by atoms with E-state index in [1.165, 1.54) is 5.56 Å². The average Bonchev–Trinajstić information content (AvgIpc) is 3.13. The Bertz CT molecular complexity index is 689. The fourth-order valence-electron chi connectivity index (χ4n) is 2.66. The molecule has 5 heteroatoms. The molecule has 2 aliphatic heterocycles. The minimum absolute atomic E-state index is 0.0509. The minimum atomic E-state index is -0.243. The molecule has 2 aliphatic rings. The lowest BCUT2D eigenvalue weighted by Gasteiger charge is -2.12.